The molecule has 1 aliphatic heterocycles. The molecule has 0 bridgehead atoms. The van der Waals surface area contributed by atoms with Gasteiger partial charge in [-0.3, -0.25) is 9.69 Å². The van der Waals surface area contributed by atoms with E-state index < -0.39 is 0 Å². The molecule has 1 atom stereocenters. The monoisotopic (exact) mass is 445 g/mol. The number of halogens is 1. The van der Waals surface area contributed by atoms with E-state index in [1.54, 1.807) is 13.2 Å². The second kappa shape index (κ2) is 9.83. The first kappa shape index (κ1) is 23.3. The number of piperazine rings is 1. The van der Waals surface area contributed by atoms with Crippen molar-refractivity contribution in [2.45, 2.75) is 46.6 Å². The van der Waals surface area contributed by atoms with Crippen LogP contribution < -0.4 is 15.0 Å². The number of nitrogens with one attached hydrogen (secondary N) is 1. The predicted octanol–water partition coefficient (Wildman–Crippen LogP) is 4.03. The standard InChI is InChI=1S/C23H32ClN5O2/c1-14(2)22-25-16(4)12-21(27-22)29-9-7-28(8-10-29)17(5)23(30)26-19-11-15(3)18(24)13-20(19)31-6/h11-14,17H,7-10H2,1-6H3,(H,26,30)/t17-/m1/s1. The van der Waals surface area contributed by atoms with E-state index in [0.717, 1.165) is 49.1 Å². The van der Waals surface area contributed by atoms with E-state index >= 15 is 0 Å². The third-order valence-corrected chi connectivity index (χ3v) is 6.09. The van der Waals surface area contributed by atoms with Crippen LogP contribution in [-0.2, 0) is 4.79 Å². The zero-order valence-electron chi connectivity index (χ0n) is 19.2. The summed E-state index contributed by atoms with van der Waals surface area (Å²) >= 11 is 6.17. The van der Waals surface area contributed by atoms with Crippen molar-refractivity contribution < 1.29 is 9.53 Å². The van der Waals surface area contributed by atoms with Crippen molar-refractivity contribution in [1.29, 1.82) is 0 Å². The molecule has 31 heavy (non-hydrogen) atoms. The van der Waals surface area contributed by atoms with Crippen LogP contribution in [0.4, 0.5) is 11.5 Å². The van der Waals surface area contributed by atoms with Crippen LogP contribution in [0.5, 0.6) is 5.75 Å². The number of hydrogen-bond donors (Lipinski definition) is 1. The van der Waals surface area contributed by atoms with E-state index in [1.165, 1.54) is 0 Å². The number of aryl methyl sites for hydroxylation is 2. The Morgan fingerprint density at radius 2 is 1.77 bits per heavy atom. The summed E-state index contributed by atoms with van der Waals surface area (Å²) in [5.41, 5.74) is 2.51. The minimum absolute atomic E-state index is 0.0616. The van der Waals surface area contributed by atoms with Gasteiger partial charge in [0, 0.05) is 54.9 Å². The first-order valence-corrected chi connectivity index (χ1v) is 11.1. The highest BCUT2D eigenvalue weighted by atomic mass is 35.5. The van der Waals surface area contributed by atoms with Crippen molar-refractivity contribution in [3.05, 3.63) is 40.3 Å². The normalized spacial score (nSPS) is 15.8. The van der Waals surface area contributed by atoms with E-state index in [2.05, 4.69) is 33.9 Å². The molecule has 0 aliphatic carbocycles. The molecule has 1 amide bonds. The average molecular weight is 446 g/mol. The molecule has 1 fully saturated rings. The van der Waals surface area contributed by atoms with Gasteiger partial charge in [0.25, 0.3) is 0 Å². The van der Waals surface area contributed by atoms with Crippen LogP contribution in [0.3, 0.4) is 0 Å². The number of aromatic nitrogens is 2. The number of benzene rings is 1. The number of methoxy groups -OCH3 is 1. The van der Waals surface area contributed by atoms with Crippen LogP contribution in [0.1, 0.15) is 43.8 Å². The molecular formula is C23H32ClN5O2. The first-order valence-electron chi connectivity index (χ1n) is 10.7. The molecule has 2 aromatic rings. The zero-order valence-corrected chi connectivity index (χ0v) is 20.0. The van der Waals surface area contributed by atoms with Gasteiger partial charge in [-0.25, -0.2) is 9.97 Å². The van der Waals surface area contributed by atoms with Gasteiger partial charge in [-0.05, 0) is 32.4 Å². The Kier molecular flexibility index (Phi) is 7.38. The maximum absolute atomic E-state index is 12.9. The summed E-state index contributed by atoms with van der Waals surface area (Å²) in [5.74, 6) is 2.62. The molecule has 1 N–H and O–H groups in total. The molecule has 7 nitrogen and oxygen atoms in total. The molecule has 3 rings (SSSR count). The average Bonchev–Trinajstić information content (AvgIpc) is 2.75. The fourth-order valence-corrected chi connectivity index (χ4v) is 3.82. The Labute approximate surface area is 189 Å². The maximum atomic E-state index is 12.9. The fourth-order valence-electron chi connectivity index (χ4n) is 3.67. The summed E-state index contributed by atoms with van der Waals surface area (Å²) in [7, 11) is 1.57. The van der Waals surface area contributed by atoms with Crippen molar-refractivity contribution in [2.24, 2.45) is 0 Å². The van der Waals surface area contributed by atoms with Crippen molar-refractivity contribution in [3.63, 3.8) is 0 Å². The smallest absolute Gasteiger partial charge is 0.241 e. The highest BCUT2D eigenvalue weighted by molar-refractivity contribution is 6.31. The molecule has 1 saturated heterocycles. The SMILES string of the molecule is COc1cc(Cl)c(C)cc1NC(=O)[C@@H](C)N1CCN(c2cc(C)nc(C(C)C)n2)CC1. The number of nitrogens with zero attached hydrogens (tertiary/aromatic N) is 4. The van der Waals surface area contributed by atoms with Gasteiger partial charge in [0.05, 0.1) is 18.8 Å². The summed E-state index contributed by atoms with van der Waals surface area (Å²) in [4.78, 5) is 26.7. The number of ether oxygens (including phenoxy) is 1. The Morgan fingerprint density at radius 1 is 1.10 bits per heavy atom. The Hall–Kier alpha value is -2.38. The highest BCUT2D eigenvalue weighted by Gasteiger charge is 2.27. The molecule has 2 heterocycles. The number of anilines is 2. The van der Waals surface area contributed by atoms with Crippen LogP contribution in [0.25, 0.3) is 0 Å². The van der Waals surface area contributed by atoms with Crippen LogP contribution in [-0.4, -0.2) is 60.1 Å². The van der Waals surface area contributed by atoms with Crippen molar-refractivity contribution in [3.8, 4) is 5.75 Å². The first-order chi connectivity index (χ1) is 14.7. The van der Waals surface area contributed by atoms with Gasteiger partial charge in [-0.15, -0.1) is 0 Å². The van der Waals surface area contributed by atoms with Gasteiger partial charge in [-0.2, -0.15) is 0 Å². The molecule has 0 unspecified atom stereocenters. The van der Waals surface area contributed by atoms with E-state index in [1.807, 2.05) is 32.9 Å². The summed E-state index contributed by atoms with van der Waals surface area (Å²) in [6.07, 6.45) is 0. The van der Waals surface area contributed by atoms with Gasteiger partial charge in [0.2, 0.25) is 5.91 Å². The lowest BCUT2D eigenvalue weighted by Crippen LogP contribution is -2.53. The van der Waals surface area contributed by atoms with Crippen LogP contribution in [0, 0.1) is 13.8 Å². The number of amides is 1. The lowest BCUT2D eigenvalue weighted by Gasteiger charge is -2.38. The minimum atomic E-state index is -0.263. The van der Waals surface area contributed by atoms with Crippen LogP contribution in [0.2, 0.25) is 5.02 Å². The molecule has 1 aliphatic rings. The Bertz CT molecular complexity index is 942. The Morgan fingerprint density at radius 3 is 2.39 bits per heavy atom. The van der Waals surface area contributed by atoms with E-state index in [4.69, 9.17) is 21.3 Å². The second-order valence-electron chi connectivity index (χ2n) is 8.37. The van der Waals surface area contributed by atoms with E-state index in [-0.39, 0.29) is 17.9 Å². The molecular weight excluding hydrogens is 414 g/mol. The van der Waals surface area contributed by atoms with Gasteiger partial charge in [-0.1, -0.05) is 25.4 Å². The zero-order chi connectivity index (χ0) is 22.7. The van der Waals surface area contributed by atoms with Crippen LogP contribution in [0.15, 0.2) is 18.2 Å². The Balaban J connectivity index is 1.63. The van der Waals surface area contributed by atoms with Crippen molar-refractivity contribution in [2.75, 3.05) is 43.5 Å². The molecule has 8 heteroatoms. The summed E-state index contributed by atoms with van der Waals surface area (Å²) < 4.78 is 5.37. The van der Waals surface area contributed by atoms with Gasteiger partial charge in [0.15, 0.2) is 0 Å². The van der Waals surface area contributed by atoms with E-state index in [0.29, 0.717) is 16.5 Å². The summed E-state index contributed by atoms with van der Waals surface area (Å²) in [6, 6.07) is 5.34. The maximum Gasteiger partial charge on any atom is 0.241 e. The lowest BCUT2D eigenvalue weighted by molar-refractivity contribution is -0.120. The molecule has 168 valence electrons. The third kappa shape index (κ3) is 5.46. The summed E-state index contributed by atoms with van der Waals surface area (Å²) in [5, 5.41) is 3.61. The fraction of sp³-hybridized carbons (Fsp3) is 0.522. The van der Waals surface area contributed by atoms with Crippen molar-refractivity contribution in [1.82, 2.24) is 14.9 Å². The predicted molar refractivity (Wildman–Crippen MR) is 125 cm³/mol. The molecule has 1 aromatic heterocycles. The molecule has 0 radical (unpaired) electrons. The number of hydrogen-bond acceptors (Lipinski definition) is 6. The topological polar surface area (TPSA) is 70.6 Å². The number of carbonyl (C=O) groups is 1. The molecule has 0 saturated carbocycles. The third-order valence-electron chi connectivity index (χ3n) is 5.68. The molecule has 0 spiro atoms. The number of rotatable bonds is 6. The van der Waals surface area contributed by atoms with Gasteiger partial charge >= 0.3 is 0 Å². The number of carbonyl (C=O) groups excluding carboxylic acids is 1. The quantitative estimate of drug-likeness (QED) is 0.723. The summed E-state index contributed by atoms with van der Waals surface area (Å²) in [6.45, 7) is 13.3. The largest absolute Gasteiger partial charge is 0.495 e. The molecule has 1 aromatic carbocycles. The van der Waals surface area contributed by atoms with Gasteiger partial charge < -0.3 is 15.0 Å². The van der Waals surface area contributed by atoms with Crippen molar-refractivity contribution >= 4 is 29.0 Å². The second-order valence-corrected chi connectivity index (χ2v) is 8.78. The highest BCUT2D eigenvalue weighted by Crippen LogP contribution is 2.31. The van der Waals surface area contributed by atoms with E-state index in [9.17, 15) is 4.79 Å². The lowest BCUT2D eigenvalue weighted by atomic mass is 10.1. The van der Waals surface area contributed by atoms with Gasteiger partial charge in [0.1, 0.15) is 17.4 Å². The van der Waals surface area contributed by atoms with Crippen LogP contribution >= 0.6 is 11.6 Å². The minimum Gasteiger partial charge on any atom is -0.495 e.